The van der Waals surface area contributed by atoms with Gasteiger partial charge < -0.3 is 15.4 Å². The number of nitrogens with zero attached hydrogens (tertiary/aromatic N) is 2. The van der Waals surface area contributed by atoms with Crippen molar-refractivity contribution < 1.29 is 9.53 Å². The number of fused-ring (bicyclic) bond motifs is 1. The van der Waals surface area contributed by atoms with Crippen molar-refractivity contribution in [1.29, 1.82) is 0 Å². The second-order valence-electron chi connectivity index (χ2n) is 7.90. The Balaban J connectivity index is 1.84. The number of nitrogens with two attached hydrogens (primary N) is 1. The molecule has 1 aliphatic rings. The SMILES string of the molecule is CC(C)(C)OC(=O)n1cc(C(N)CCN2CCCC2)c2ccccc21. The molecule has 0 amide bonds. The fourth-order valence-corrected chi connectivity index (χ4v) is 3.45. The van der Waals surface area contributed by atoms with Crippen molar-refractivity contribution in [2.24, 2.45) is 5.73 Å². The van der Waals surface area contributed by atoms with Gasteiger partial charge in [0.15, 0.2) is 0 Å². The van der Waals surface area contributed by atoms with E-state index in [0.717, 1.165) is 29.4 Å². The van der Waals surface area contributed by atoms with Crippen molar-refractivity contribution in [2.45, 2.75) is 51.7 Å². The first-order valence-electron chi connectivity index (χ1n) is 9.16. The molecule has 25 heavy (non-hydrogen) atoms. The summed E-state index contributed by atoms with van der Waals surface area (Å²) in [5.74, 6) is 0. The van der Waals surface area contributed by atoms with Gasteiger partial charge in [-0.25, -0.2) is 4.79 Å². The van der Waals surface area contributed by atoms with E-state index in [1.54, 1.807) is 4.57 Å². The van der Waals surface area contributed by atoms with Gasteiger partial charge in [-0.1, -0.05) is 18.2 Å². The van der Waals surface area contributed by atoms with Crippen molar-refractivity contribution in [3.05, 3.63) is 36.0 Å². The second-order valence-corrected chi connectivity index (χ2v) is 7.90. The Kier molecular flexibility index (Phi) is 5.16. The smallest absolute Gasteiger partial charge is 0.419 e. The van der Waals surface area contributed by atoms with Gasteiger partial charge in [0.2, 0.25) is 0 Å². The lowest BCUT2D eigenvalue weighted by molar-refractivity contribution is 0.0544. The van der Waals surface area contributed by atoms with Gasteiger partial charge in [-0.15, -0.1) is 0 Å². The van der Waals surface area contributed by atoms with E-state index in [1.807, 2.05) is 51.2 Å². The first-order chi connectivity index (χ1) is 11.8. The van der Waals surface area contributed by atoms with Gasteiger partial charge in [0.25, 0.3) is 0 Å². The first kappa shape index (κ1) is 18.0. The summed E-state index contributed by atoms with van der Waals surface area (Å²) in [5, 5.41) is 1.03. The Morgan fingerprint density at radius 3 is 2.60 bits per heavy atom. The van der Waals surface area contributed by atoms with Gasteiger partial charge in [0, 0.05) is 17.6 Å². The van der Waals surface area contributed by atoms with Crippen LogP contribution >= 0.6 is 0 Å². The number of carbonyl (C=O) groups excluding carboxylic acids is 1. The normalized spacial score (nSPS) is 17.1. The lowest BCUT2D eigenvalue weighted by Crippen LogP contribution is -2.27. The van der Waals surface area contributed by atoms with Crippen LogP contribution in [0.5, 0.6) is 0 Å². The summed E-state index contributed by atoms with van der Waals surface area (Å²) in [6, 6.07) is 7.80. The maximum Gasteiger partial charge on any atom is 0.419 e. The average Bonchev–Trinajstić information content (AvgIpc) is 3.18. The van der Waals surface area contributed by atoms with Crippen molar-refractivity contribution in [3.8, 4) is 0 Å². The number of aromatic nitrogens is 1. The van der Waals surface area contributed by atoms with E-state index < -0.39 is 5.60 Å². The molecule has 1 unspecified atom stereocenters. The third kappa shape index (κ3) is 4.22. The monoisotopic (exact) mass is 343 g/mol. The van der Waals surface area contributed by atoms with E-state index in [4.69, 9.17) is 10.5 Å². The zero-order valence-corrected chi connectivity index (χ0v) is 15.5. The van der Waals surface area contributed by atoms with Crippen LogP contribution in [0.3, 0.4) is 0 Å². The molecule has 5 nitrogen and oxygen atoms in total. The minimum atomic E-state index is -0.527. The van der Waals surface area contributed by atoms with Gasteiger partial charge in [0.1, 0.15) is 5.60 Å². The fraction of sp³-hybridized carbons (Fsp3) is 0.550. The lowest BCUT2D eigenvalue weighted by Gasteiger charge is -2.19. The summed E-state index contributed by atoms with van der Waals surface area (Å²) in [7, 11) is 0. The molecule has 1 aromatic carbocycles. The molecule has 0 saturated carbocycles. The Bertz CT molecular complexity index is 739. The number of rotatable bonds is 4. The van der Waals surface area contributed by atoms with Crippen molar-refractivity contribution >= 4 is 17.0 Å². The summed E-state index contributed by atoms with van der Waals surface area (Å²) in [4.78, 5) is 15.0. The third-order valence-corrected chi connectivity index (χ3v) is 4.69. The van der Waals surface area contributed by atoms with Crippen LogP contribution in [-0.4, -0.2) is 40.8 Å². The molecule has 1 atom stereocenters. The highest BCUT2D eigenvalue weighted by atomic mass is 16.6. The van der Waals surface area contributed by atoms with Crippen molar-refractivity contribution in [3.63, 3.8) is 0 Å². The molecule has 0 bridgehead atoms. The number of likely N-dealkylation sites (tertiary alicyclic amines) is 1. The number of ether oxygens (including phenoxy) is 1. The summed E-state index contributed by atoms with van der Waals surface area (Å²) >= 11 is 0. The quantitative estimate of drug-likeness (QED) is 0.914. The summed E-state index contributed by atoms with van der Waals surface area (Å²) in [6.45, 7) is 8.98. The second kappa shape index (κ2) is 7.18. The third-order valence-electron chi connectivity index (χ3n) is 4.69. The molecule has 136 valence electrons. The van der Waals surface area contributed by atoms with E-state index in [-0.39, 0.29) is 12.1 Å². The van der Waals surface area contributed by atoms with E-state index in [0.29, 0.717) is 0 Å². The molecule has 2 aromatic rings. The van der Waals surface area contributed by atoms with Crippen LogP contribution in [0.1, 0.15) is 51.6 Å². The van der Waals surface area contributed by atoms with Crippen LogP contribution in [0.15, 0.2) is 30.5 Å². The van der Waals surface area contributed by atoms with E-state index >= 15 is 0 Å². The van der Waals surface area contributed by atoms with Crippen LogP contribution < -0.4 is 5.73 Å². The topological polar surface area (TPSA) is 60.5 Å². The maximum atomic E-state index is 12.6. The van der Waals surface area contributed by atoms with E-state index in [2.05, 4.69) is 4.90 Å². The molecule has 2 N–H and O–H groups in total. The molecule has 0 radical (unpaired) electrons. The summed E-state index contributed by atoms with van der Waals surface area (Å²) in [5.41, 5.74) is 7.83. The summed E-state index contributed by atoms with van der Waals surface area (Å²) < 4.78 is 7.13. The number of hydrogen-bond acceptors (Lipinski definition) is 4. The maximum absolute atomic E-state index is 12.6. The molecule has 1 fully saturated rings. The molecule has 0 spiro atoms. The van der Waals surface area contributed by atoms with Crippen LogP contribution in [0.25, 0.3) is 10.9 Å². The Hall–Kier alpha value is -1.85. The van der Waals surface area contributed by atoms with Crippen LogP contribution in [0.4, 0.5) is 4.79 Å². The summed E-state index contributed by atoms with van der Waals surface area (Å²) in [6.07, 6.45) is 4.96. The molecule has 2 heterocycles. The minimum absolute atomic E-state index is 0.0887. The molecule has 3 rings (SSSR count). The van der Waals surface area contributed by atoms with Gasteiger partial charge in [-0.05, 0) is 71.3 Å². The largest absolute Gasteiger partial charge is 0.443 e. The number of hydrogen-bond donors (Lipinski definition) is 1. The number of para-hydroxylation sites is 1. The van der Waals surface area contributed by atoms with E-state index in [1.165, 1.54) is 25.9 Å². The molecular weight excluding hydrogens is 314 g/mol. The highest BCUT2D eigenvalue weighted by molar-refractivity contribution is 5.92. The predicted octanol–water partition coefficient (Wildman–Crippen LogP) is 3.91. The number of carbonyl (C=O) groups is 1. The Morgan fingerprint density at radius 2 is 1.92 bits per heavy atom. The zero-order valence-electron chi connectivity index (χ0n) is 15.5. The standard InChI is InChI=1S/C20H29N3O2/c1-20(2,3)25-19(24)23-14-16(15-8-4-5-9-18(15)23)17(21)10-13-22-11-6-7-12-22/h4-5,8-9,14,17H,6-7,10-13,21H2,1-3H3. The Morgan fingerprint density at radius 1 is 1.24 bits per heavy atom. The number of benzene rings is 1. The van der Waals surface area contributed by atoms with Gasteiger partial charge >= 0.3 is 6.09 Å². The zero-order chi connectivity index (χ0) is 18.0. The van der Waals surface area contributed by atoms with E-state index in [9.17, 15) is 4.79 Å². The average molecular weight is 343 g/mol. The molecule has 1 aliphatic heterocycles. The van der Waals surface area contributed by atoms with Crippen LogP contribution in [-0.2, 0) is 4.74 Å². The van der Waals surface area contributed by atoms with Crippen molar-refractivity contribution in [2.75, 3.05) is 19.6 Å². The predicted molar refractivity (Wildman–Crippen MR) is 101 cm³/mol. The van der Waals surface area contributed by atoms with Crippen LogP contribution in [0, 0.1) is 0 Å². The first-order valence-corrected chi connectivity index (χ1v) is 9.16. The molecule has 0 aliphatic carbocycles. The molecule has 1 saturated heterocycles. The fourth-order valence-electron chi connectivity index (χ4n) is 3.45. The van der Waals surface area contributed by atoms with Gasteiger partial charge in [0.05, 0.1) is 5.52 Å². The highest BCUT2D eigenvalue weighted by Gasteiger charge is 2.23. The molecular formula is C20H29N3O2. The lowest BCUT2D eigenvalue weighted by atomic mass is 10.0. The van der Waals surface area contributed by atoms with Gasteiger partial charge in [-0.2, -0.15) is 0 Å². The molecule has 1 aromatic heterocycles. The Labute approximate surface area is 149 Å². The molecule has 5 heteroatoms. The van der Waals surface area contributed by atoms with Gasteiger partial charge in [-0.3, -0.25) is 4.57 Å². The minimum Gasteiger partial charge on any atom is -0.443 e. The highest BCUT2D eigenvalue weighted by Crippen LogP contribution is 2.28. The van der Waals surface area contributed by atoms with Crippen LogP contribution in [0.2, 0.25) is 0 Å². The van der Waals surface area contributed by atoms with Crippen molar-refractivity contribution in [1.82, 2.24) is 9.47 Å².